The van der Waals surface area contributed by atoms with Crippen LogP contribution >= 0.6 is 0 Å². The monoisotopic (exact) mass is 175 g/mol. The summed E-state index contributed by atoms with van der Waals surface area (Å²) in [4.78, 5) is 26.0. The molecule has 2 rings (SSSR count). The average molecular weight is 175 g/mol. The zero-order chi connectivity index (χ0) is 7.84. The molecular weight excluding hydrogens is 171 g/mol. The molecule has 0 fully saturated rings. The average Bonchev–Trinajstić information content (AvgIpc) is 2.34. The molecule has 0 bridgehead atoms. The Morgan fingerprint density at radius 2 is 2.00 bits per heavy atom. The van der Waals surface area contributed by atoms with Crippen molar-refractivity contribution in [2.75, 3.05) is 0 Å². The van der Waals surface area contributed by atoms with E-state index in [0.717, 1.165) is 0 Å². The first kappa shape index (κ1) is 9.24. The molecule has 6 nitrogen and oxygen atoms in total. The Morgan fingerprint density at radius 1 is 1.25 bits per heavy atom. The van der Waals surface area contributed by atoms with E-state index in [-0.39, 0.29) is 29.6 Å². The summed E-state index contributed by atoms with van der Waals surface area (Å²) < 4.78 is 0. The molecule has 0 aliphatic rings. The topological polar surface area (TPSA) is 94.4 Å². The Morgan fingerprint density at radius 3 is 2.75 bits per heavy atom. The van der Waals surface area contributed by atoms with E-state index in [9.17, 15) is 9.59 Å². The molecule has 0 saturated heterocycles. The van der Waals surface area contributed by atoms with Gasteiger partial charge in [-0.25, -0.2) is 4.79 Å². The molecule has 0 atom stereocenters. The zero-order valence-electron chi connectivity index (χ0n) is 6.34. The maximum atomic E-state index is 10.9. The first-order valence-corrected chi connectivity index (χ1v) is 2.93. The molecule has 2 aromatic rings. The summed E-state index contributed by atoms with van der Waals surface area (Å²) in [5.41, 5.74) is -0.622. The summed E-state index contributed by atoms with van der Waals surface area (Å²) in [6.07, 6.45) is 1.35. The first-order chi connectivity index (χ1) is 5.27. The Bertz CT molecular complexity index is 496. The standard InChI is InChI=1S/C5H4N4O2.Na/c10-4-2-1-6-9-3(2)7-5(11)8-4;/h1H,(H3,6,7,8,9,10,11);/q;+1. The number of nitrogens with one attached hydrogen (secondary N) is 3. The molecule has 0 aromatic carbocycles. The molecule has 3 N–H and O–H groups in total. The van der Waals surface area contributed by atoms with Gasteiger partial charge < -0.3 is 0 Å². The van der Waals surface area contributed by atoms with Gasteiger partial charge in [-0.15, -0.1) is 0 Å². The molecule has 0 spiro atoms. The van der Waals surface area contributed by atoms with Gasteiger partial charge in [-0.05, 0) is 0 Å². The van der Waals surface area contributed by atoms with E-state index >= 15 is 0 Å². The first-order valence-electron chi connectivity index (χ1n) is 2.93. The van der Waals surface area contributed by atoms with Crippen LogP contribution in [0.2, 0.25) is 0 Å². The van der Waals surface area contributed by atoms with Gasteiger partial charge in [-0.1, -0.05) is 0 Å². The van der Waals surface area contributed by atoms with Crippen molar-refractivity contribution in [2.24, 2.45) is 0 Å². The predicted octanol–water partition coefficient (Wildman–Crippen LogP) is -4.06. The number of H-pyrrole nitrogens is 3. The smallest absolute Gasteiger partial charge is 0.292 e. The molecule has 2 aromatic heterocycles. The van der Waals surface area contributed by atoms with Crippen molar-refractivity contribution in [2.45, 2.75) is 0 Å². The summed E-state index contributed by atoms with van der Waals surface area (Å²) in [7, 11) is 0. The van der Waals surface area contributed by atoms with Gasteiger partial charge in [0.25, 0.3) is 5.56 Å². The molecule has 0 amide bonds. The minimum atomic E-state index is -0.535. The molecule has 12 heavy (non-hydrogen) atoms. The minimum Gasteiger partial charge on any atom is -0.292 e. The van der Waals surface area contributed by atoms with Crippen LogP contribution in [0.15, 0.2) is 15.8 Å². The van der Waals surface area contributed by atoms with Crippen LogP contribution < -0.4 is 40.8 Å². The molecule has 0 saturated carbocycles. The van der Waals surface area contributed by atoms with Crippen molar-refractivity contribution in [3.8, 4) is 0 Å². The largest absolute Gasteiger partial charge is 1.00 e. The summed E-state index contributed by atoms with van der Waals surface area (Å²) in [5.74, 6) is 0. The van der Waals surface area contributed by atoms with Crippen molar-refractivity contribution in [3.05, 3.63) is 27.0 Å². The van der Waals surface area contributed by atoms with E-state index < -0.39 is 11.2 Å². The van der Waals surface area contributed by atoms with Gasteiger partial charge in [0, 0.05) is 0 Å². The zero-order valence-corrected chi connectivity index (χ0v) is 8.34. The summed E-state index contributed by atoms with van der Waals surface area (Å²) in [5, 5.41) is 6.42. The van der Waals surface area contributed by atoms with E-state index in [0.29, 0.717) is 11.0 Å². The fourth-order valence-corrected chi connectivity index (χ4v) is 0.869. The van der Waals surface area contributed by atoms with E-state index in [4.69, 9.17) is 0 Å². The predicted molar refractivity (Wildman–Crippen MR) is 37.3 cm³/mol. The van der Waals surface area contributed by atoms with Gasteiger partial charge >= 0.3 is 35.2 Å². The molecule has 0 unspecified atom stereocenters. The van der Waals surface area contributed by atoms with E-state index in [1.807, 2.05) is 0 Å². The number of hydrogen-bond donors (Lipinski definition) is 3. The second-order valence-electron chi connectivity index (χ2n) is 2.07. The fourth-order valence-electron chi connectivity index (χ4n) is 0.869. The second-order valence-corrected chi connectivity index (χ2v) is 2.07. The number of hydrogen-bond acceptors (Lipinski definition) is 3. The van der Waals surface area contributed by atoms with Crippen LogP contribution in [-0.4, -0.2) is 20.2 Å². The maximum absolute atomic E-state index is 10.9. The third-order valence-corrected chi connectivity index (χ3v) is 1.35. The Hall–Kier alpha value is -0.850. The van der Waals surface area contributed by atoms with Crippen LogP contribution in [0.1, 0.15) is 0 Å². The number of aromatic nitrogens is 4. The fraction of sp³-hybridized carbons (Fsp3) is 0. The van der Waals surface area contributed by atoms with Gasteiger partial charge in [0.15, 0.2) is 0 Å². The van der Waals surface area contributed by atoms with Crippen molar-refractivity contribution in [1.82, 2.24) is 20.2 Å². The molecular formula is C5H4N4NaO2+. The van der Waals surface area contributed by atoms with Crippen LogP contribution in [0.25, 0.3) is 11.0 Å². The van der Waals surface area contributed by atoms with Crippen LogP contribution in [-0.2, 0) is 0 Å². The van der Waals surface area contributed by atoms with Crippen molar-refractivity contribution < 1.29 is 29.6 Å². The van der Waals surface area contributed by atoms with Crippen molar-refractivity contribution >= 4 is 11.0 Å². The Labute approximate surface area is 87.7 Å². The molecule has 0 aliphatic heterocycles. The number of fused-ring (bicyclic) bond motifs is 1. The maximum Gasteiger partial charge on any atom is 1.00 e. The number of nitrogens with zero attached hydrogens (tertiary/aromatic N) is 1. The summed E-state index contributed by atoms with van der Waals surface area (Å²) >= 11 is 0. The SMILES string of the molecule is O=c1[nH]c(=O)c2cn[nH]c2[nH]1.[Na+]. The van der Waals surface area contributed by atoms with E-state index in [1.165, 1.54) is 6.20 Å². The van der Waals surface area contributed by atoms with Gasteiger partial charge in [0.05, 0.1) is 6.20 Å². The molecule has 7 heteroatoms. The third-order valence-electron chi connectivity index (χ3n) is 1.35. The van der Waals surface area contributed by atoms with Crippen LogP contribution in [0.3, 0.4) is 0 Å². The van der Waals surface area contributed by atoms with Crippen LogP contribution in [0.4, 0.5) is 0 Å². The van der Waals surface area contributed by atoms with Gasteiger partial charge in [-0.3, -0.25) is 19.9 Å². The number of aromatic amines is 3. The van der Waals surface area contributed by atoms with E-state index in [2.05, 4.69) is 20.2 Å². The van der Waals surface area contributed by atoms with Gasteiger partial charge in [-0.2, -0.15) is 5.10 Å². The quantitative estimate of drug-likeness (QED) is 0.355. The summed E-state index contributed by atoms with van der Waals surface area (Å²) in [6, 6.07) is 0. The van der Waals surface area contributed by atoms with Crippen LogP contribution in [0, 0.1) is 0 Å². The number of rotatable bonds is 0. The molecule has 2 heterocycles. The van der Waals surface area contributed by atoms with Gasteiger partial charge in [0.1, 0.15) is 11.0 Å². The normalized spacial score (nSPS) is 9.67. The van der Waals surface area contributed by atoms with Crippen molar-refractivity contribution in [1.29, 1.82) is 0 Å². The second kappa shape index (κ2) is 3.26. The van der Waals surface area contributed by atoms with Crippen molar-refractivity contribution in [3.63, 3.8) is 0 Å². The molecule has 0 aliphatic carbocycles. The van der Waals surface area contributed by atoms with Crippen LogP contribution in [0.5, 0.6) is 0 Å². The molecule has 56 valence electrons. The van der Waals surface area contributed by atoms with E-state index in [1.54, 1.807) is 0 Å². The third kappa shape index (κ3) is 1.36. The Kier molecular flexibility index (Phi) is 2.51. The minimum absolute atomic E-state index is 0. The van der Waals surface area contributed by atoms with Gasteiger partial charge in [0.2, 0.25) is 0 Å². The Balaban J connectivity index is 0.000000720. The molecule has 0 radical (unpaired) electrons. The summed E-state index contributed by atoms with van der Waals surface area (Å²) in [6.45, 7) is 0.